The number of aromatic nitrogens is 4. The number of aromatic hydroxyl groups is 1. The molecule has 170 valence electrons. The van der Waals surface area contributed by atoms with Crippen LogP contribution in [-0.4, -0.2) is 65.0 Å². The molecule has 0 aliphatic carbocycles. The van der Waals surface area contributed by atoms with Crippen LogP contribution >= 0.6 is 0 Å². The van der Waals surface area contributed by atoms with Gasteiger partial charge in [-0.1, -0.05) is 12.1 Å². The van der Waals surface area contributed by atoms with Crippen LogP contribution in [0.3, 0.4) is 0 Å². The van der Waals surface area contributed by atoms with Crippen LogP contribution in [0.4, 0.5) is 0 Å². The number of benzene rings is 2. The maximum Gasteiger partial charge on any atom is 0.268 e. The van der Waals surface area contributed by atoms with Crippen molar-refractivity contribution in [2.45, 2.75) is 11.8 Å². The third-order valence-electron chi connectivity index (χ3n) is 5.01. The van der Waals surface area contributed by atoms with Gasteiger partial charge in [0.2, 0.25) is 5.89 Å². The summed E-state index contributed by atoms with van der Waals surface area (Å²) in [6, 6.07) is 13.0. The zero-order valence-electron chi connectivity index (χ0n) is 18.4. The smallest absolute Gasteiger partial charge is 0.268 e. The van der Waals surface area contributed by atoms with E-state index in [0.29, 0.717) is 40.6 Å². The van der Waals surface area contributed by atoms with Crippen molar-refractivity contribution in [2.75, 3.05) is 26.4 Å². The molecule has 10 heteroatoms. The number of hydrogen-bond acceptors (Lipinski definition) is 9. The molecule has 1 N–H and O–H groups in total. The molecule has 0 aliphatic rings. The zero-order chi connectivity index (χ0) is 23.6. The van der Waals surface area contributed by atoms with E-state index in [1.807, 2.05) is 19.0 Å². The number of rotatable bonds is 7. The van der Waals surface area contributed by atoms with Gasteiger partial charge in [0, 0.05) is 17.7 Å². The quantitative estimate of drug-likeness (QED) is 0.438. The highest BCUT2D eigenvalue weighted by Crippen LogP contribution is 2.27. The van der Waals surface area contributed by atoms with Crippen LogP contribution in [0.2, 0.25) is 0 Å². The SMILES string of the molecule is Cc1ncc(-c2ccc(S(=O)(=O)CCN(C)C)cc2)nc1-c1nnc(-c2ccc(O)cc2)o1. The fourth-order valence-electron chi connectivity index (χ4n) is 3.08. The van der Waals surface area contributed by atoms with E-state index in [2.05, 4.69) is 20.2 Å². The summed E-state index contributed by atoms with van der Waals surface area (Å²) in [5.74, 6) is 0.704. The van der Waals surface area contributed by atoms with Gasteiger partial charge < -0.3 is 14.4 Å². The van der Waals surface area contributed by atoms with Gasteiger partial charge in [-0.2, -0.15) is 0 Å². The second-order valence-corrected chi connectivity index (χ2v) is 9.90. The van der Waals surface area contributed by atoms with E-state index < -0.39 is 9.84 Å². The maximum absolute atomic E-state index is 12.5. The Morgan fingerprint density at radius 2 is 1.58 bits per heavy atom. The van der Waals surface area contributed by atoms with Crippen LogP contribution in [-0.2, 0) is 9.84 Å². The molecule has 0 bridgehead atoms. The highest BCUT2D eigenvalue weighted by atomic mass is 32.2. The fraction of sp³-hybridized carbons (Fsp3) is 0.217. The van der Waals surface area contributed by atoms with E-state index in [1.54, 1.807) is 49.5 Å². The minimum atomic E-state index is -3.37. The molecule has 0 aliphatic heterocycles. The lowest BCUT2D eigenvalue weighted by atomic mass is 10.1. The Labute approximate surface area is 191 Å². The Morgan fingerprint density at radius 1 is 0.939 bits per heavy atom. The lowest BCUT2D eigenvalue weighted by molar-refractivity contribution is 0.432. The lowest BCUT2D eigenvalue weighted by Crippen LogP contribution is -2.21. The lowest BCUT2D eigenvalue weighted by Gasteiger charge is -2.10. The standard InChI is InChI=1S/C23H23N5O4S/c1-15-21(23-27-26-22(32-23)17-4-8-18(29)9-5-17)25-20(14-24-15)16-6-10-19(11-7-16)33(30,31)13-12-28(2)3/h4-11,14,29H,12-13H2,1-3H3. The summed E-state index contributed by atoms with van der Waals surface area (Å²) < 4.78 is 30.8. The molecule has 0 saturated carbocycles. The predicted octanol–water partition coefficient (Wildman–Crippen LogP) is 3.21. The Bertz CT molecular complexity index is 1360. The molecule has 9 nitrogen and oxygen atoms in total. The molecule has 0 amide bonds. The number of nitrogens with zero attached hydrogens (tertiary/aromatic N) is 5. The molecule has 0 fully saturated rings. The number of phenolic OH excluding ortho intramolecular Hbond substituents is 1. The molecule has 0 radical (unpaired) electrons. The van der Waals surface area contributed by atoms with Gasteiger partial charge in [0.1, 0.15) is 11.4 Å². The second kappa shape index (κ2) is 9.08. The molecule has 2 aromatic heterocycles. The van der Waals surface area contributed by atoms with Crippen molar-refractivity contribution in [1.82, 2.24) is 25.1 Å². The van der Waals surface area contributed by atoms with Crippen LogP contribution in [0.5, 0.6) is 5.75 Å². The fourth-order valence-corrected chi connectivity index (χ4v) is 4.48. The van der Waals surface area contributed by atoms with E-state index in [9.17, 15) is 13.5 Å². The molecule has 2 aromatic carbocycles. The third kappa shape index (κ3) is 5.07. The number of sulfone groups is 1. The average molecular weight is 466 g/mol. The summed E-state index contributed by atoms with van der Waals surface area (Å²) in [7, 11) is 0.308. The van der Waals surface area contributed by atoms with Crippen molar-refractivity contribution in [3.05, 3.63) is 60.4 Å². The Kier molecular flexibility index (Phi) is 6.21. The van der Waals surface area contributed by atoms with Crippen molar-refractivity contribution in [3.8, 4) is 40.0 Å². The van der Waals surface area contributed by atoms with Gasteiger partial charge >= 0.3 is 0 Å². The van der Waals surface area contributed by atoms with E-state index in [4.69, 9.17) is 4.42 Å². The third-order valence-corrected chi connectivity index (χ3v) is 6.72. The minimum Gasteiger partial charge on any atom is -0.508 e. The van der Waals surface area contributed by atoms with Gasteiger partial charge in [0.05, 0.1) is 28.2 Å². The van der Waals surface area contributed by atoms with Gasteiger partial charge in [-0.05, 0) is 57.4 Å². The summed E-state index contributed by atoms with van der Waals surface area (Å²) in [6.45, 7) is 2.24. The molecule has 2 heterocycles. The van der Waals surface area contributed by atoms with Crippen LogP contribution in [0.25, 0.3) is 34.3 Å². The number of hydrogen-bond donors (Lipinski definition) is 1. The van der Waals surface area contributed by atoms with Crippen molar-refractivity contribution < 1.29 is 17.9 Å². The number of aryl methyl sites for hydroxylation is 1. The summed E-state index contributed by atoms with van der Waals surface area (Å²) in [5, 5.41) is 17.6. The summed E-state index contributed by atoms with van der Waals surface area (Å²) in [4.78, 5) is 11.1. The molecular weight excluding hydrogens is 442 g/mol. The van der Waals surface area contributed by atoms with Gasteiger partial charge in [-0.25, -0.2) is 13.4 Å². The number of phenols is 1. The Hall–Kier alpha value is -3.63. The molecule has 33 heavy (non-hydrogen) atoms. The minimum absolute atomic E-state index is 0.0500. The van der Waals surface area contributed by atoms with E-state index in [0.717, 1.165) is 0 Å². The van der Waals surface area contributed by atoms with Gasteiger partial charge in [0.15, 0.2) is 9.84 Å². The molecular formula is C23H23N5O4S. The maximum atomic E-state index is 12.5. The Balaban J connectivity index is 1.61. The largest absolute Gasteiger partial charge is 0.508 e. The normalized spacial score (nSPS) is 11.8. The molecule has 4 rings (SSSR count). The van der Waals surface area contributed by atoms with Crippen molar-refractivity contribution in [2.24, 2.45) is 0 Å². The zero-order valence-corrected chi connectivity index (χ0v) is 19.2. The van der Waals surface area contributed by atoms with Crippen LogP contribution in [0.15, 0.2) is 64.0 Å². The molecule has 0 saturated heterocycles. The van der Waals surface area contributed by atoms with Gasteiger partial charge in [-0.3, -0.25) is 4.98 Å². The first-order chi connectivity index (χ1) is 15.7. The molecule has 0 atom stereocenters. The molecule has 0 unspecified atom stereocenters. The highest BCUT2D eigenvalue weighted by Gasteiger charge is 2.18. The van der Waals surface area contributed by atoms with E-state index >= 15 is 0 Å². The highest BCUT2D eigenvalue weighted by molar-refractivity contribution is 7.91. The first-order valence-corrected chi connectivity index (χ1v) is 11.8. The van der Waals surface area contributed by atoms with Gasteiger partial charge in [0.25, 0.3) is 5.89 Å². The van der Waals surface area contributed by atoms with E-state index in [-0.39, 0.29) is 22.3 Å². The molecule has 0 spiro atoms. The summed E-state index contributed by atoms with van der Waals surface area (Å²) in [6.07, 6.45) is 1.62. The van der Waals surface area contributed by atoms with Crippen molar-refractivity contribution in [1.29, 1.82) is 0 Å². The summed E-state index contributed by atoms with van der Waals surface area (Å²) >= 11 is 0. The van der Waals surface area contributed by atoms with E-state index in [1.165, 1.54) is 12.1 Å². The van der Waals surface area contributed by atoms with Crippen LogP contribution in [0, 0.1) is 6.92 Å². The average Bonchev–Trinajstić information content (AvgIpc) is 3.29. The predicted molar refractivity (Wildman–Crippen MR) is 123 cm³/mol. The van der Waals surface area contributed by atoms with Crippen LogP contribution in [0.1, 0.15) is 5.69 Å². The van der Waals surface area contributed by atoms with Gasteiger partial charge in [-0.15, -0.1) is 10.2 Å². The monoisotopic (exact) mass is 465 g/mol. The summed E-state index contributed by atoms with van der Waals surface area (Å²) in [5.41, 5.74) is 2.99. The van der Waals surface area contributed by atoms with Crippen molar-refractivity contribution in [3.63, 3.8) is 0 Å². The first-order valence-electron chi connectivity index (χ1n) is 10.2. The van der Waals surface area contributed by atoms with Crippen molar-refractivity contribution >= 4 is 9.84 Å². The van der Waals surface area contributed by atoms with Crippen LogP contribution < -0.4 is 0 Å². The topological polar surface area (TPSA) is 122 Å². The Morgan fingerprint density at radius 3 is 2.24 bits per heavy atom. The first kappa shape index (κ1) is 22.6. The second-order valence-electron chi connectivity index (χ2n) is 7.80. The molecule has 4 aromatic rings.